The fourth-order valence-electron chi connectivity index (χ4n) is 2.80. The average Bonchev–Trinajstić information content (AvgIpc) is 3.09. The number of H-pyrrole nitrogens is 1. The molecule has 0 aliphatic rings. The van der Waals surface area contributed by atoms with Gasteiger partial charge in [0.1, 0.15) is 11.9 Å². The molecule has 0 aliphatic heterocycles. The number of rotatable bonds is 7. The highest BCUT2D eigenvalue weighted by Gasteiger charge is 2.25. The van der Waals surface area contributed by atoms with E-state index in [2.05, 4.69) is 10.3 Å². The topological polar surface area (TPSA) is 114 Å². The van der Waals surface area contributed by atoms with Crippen LogP contribution in [0.3, 0.4) is 0 Å². The van der Waals surface area contributed by atoms with E-state index in [1.165, 1.54) is 12.1 Å². The van der Waals surface area contributed by atoms with Crippen molar-refractivity contribution >= 4 is 28.7 Å². The second-order valence-corrected chi connectivity index (χ2v) is 6.17. The molecule has 3 rings (SSSR count). The van der Waals surface area contributed by atoms with Gasteiger partial charge in [-0.3, -0.25) is 9.59 Å². The van der Waals surface area contributed by atoms with Crippen LogP contribution >= 0.6 is 0 Å². The number of fused-ring (bicyclic) bond motifs is 1. The van der Waals surface area contributed by atoms with Crippen molar-refractivity contribution in [3.63, 3.8) is 0 Å². The van der Waals surface area contributed by atoms with Gasteiger partial charge < -0.3 is 20.8 Å². The molecule has 2 amide bonds. The molecule has 0 radical (unpaired) electrons. The highest BCUT2D eigenvalue weighted by atomic mass is 19.1. The van der Waals surface area contributed by atoms with Crippen LogP contribution in [0.25, 0.3) is 10.9 Å². The molecular formula is C20H18FN3O4. The molecule has 1 aromatic heterocycles. The maximum Gasteiger partial charge on any atom is 0.329 e. The molecule has 7 nitrogen and oxygen atoms in total. The van der Waals surface area contributed by atoms with Crippen LogP contribution in [0, 0.1) is 5.82 Å². The molecule has 0 aliphatic carbocycles. The standard InChI is InChI=1S/C20H18FN3O4/c21-14-7-5-12(6-8-14)19(26)24-17(20(27)28-11-18(22)25)9-13-10-23-16-4-2-1-3-15(13)16/h1-8,10,17,23H,9,11H2,(H2,22,25)(H,24,26)/t17-/m0/s1. The average molecular weight is 383 g/mol. The normalized spacial score (nSPS) is 11.8. The van der Waals surface area contributed by atoms with Crippen LogP contribution in [0.4, 0.5) is 4.39 Å². The molecule has 28 heavy (non-hydrogen) atoms. The highest BCUT2D eigenvalue weighted by Crippen LogP contribution is 2.19. The van der Waals surface area contributed by atoms with Crippen molar-refractivity contribution in [3.05, 3.63) is 71.7 Å². The number of benzene rings is 2. The smallest absolute Gasteiger partial charge is 0.329 e. The van der Waals surface area contributed by atoms with Crippen molar-refractivity contribution in [3.8, 4) is 0 Å². The van der Waals surface area contributed by atoms with E-state index in [0.29, 0.717) is 0 Å². The summed E-state index contributed by atoms with van der Waals surface area (Å²) in [6.45, 7) is -0.588. The number of halogens is 1. The first kappa shape index (κ1) is 19.1. The van der Waals surface area contributed by atoms with Crippen LogP contribution in [0.2, 0.25) is 0 Å². The van der Waals surface area contributed by atoms with Crippen molar-refractivity contribution in [1.82, 2.24) is 10.3 Å². The number of hydrogen-bond donors (Lipinski definition) is 3. The van der Waals surface area contributed by atoms with Gasteiger partial charge in [0.15, 0.2) is 6.61 Å². The molecule has 3 aromatic rings. The van der Waals surface area contributed by atoms with Crippen LogP contribution in [-0.2, 0) is 20.7 Å². The number of nitrogens with two attached hydrogens (primary N) is 1. The van der Waals surface area contributed by atoms with Gasteiger partial charge in [-0.05, 0) is 35.9 Å². The monoisotopic (exact) mass is 383 g/mol. The van der Waals surface area contributed by atoms with Gasteiger partial charge >= 0.3 is 5.97 Å². The predicted octanol–water partition coefficient (Wildman–Crippen LogP) is 1.68. The van der Waals surface area contributed by atoms with E-state index in [1.54, 1.807) is 6.20 Å². The van der Waals surface area contributed by atoms with E-state index in [9.17, 15) is 18.8 Å². The molecule has 0 spiro atoms. The SMILES string of the molecule is NC(=O)COC(=O)[C@H](Cc1c[nH]c2ccccc12)NC(=O)c1ccc(F)cc1. The van der Waals surface area contributed by atoms with E-state index in [0.717, 1.165) is 28.6 Å². The molecule has 144 valence electrons. The van der Waals surface area contributed by atoms with Gasteiger partial charge in [-0.15, -0.1) is 0 Å². The molecule has 0 saturated carbocycles. The van der Waals surface area contributed by atoms with Crippen molar-refractivity contribution < 1.29 is 23.5 Å². The summed E-state index contributed by atoms with van der Waals surface area (Å²) in [5.41, 5.74) is 6.87. The van der Waals surface area contributed by atoms with Gasteiger partial charge in [0.2, 0.25) is 0 Å². The minimum Gasteiger partial charge on any atom is -0.454 e. The number of hydrogen-bond acceptors (Lipinski definition) is 4. The van der Waals surface area contributed by atoms with E-state index in [1.807, 2.05) is 24.3 Å². The Bertz CT molecular complexity index is 1010. The zero-order valence-corrected chi connectivity index (χ0v) is 14.8. The Morgan fingerprint density at radius 2 is 1.82 bits per heavy atom. The molecule has 1 atom stereocenters. The first-order valence-corrected chi connectivity index (χ1v) is 8.50. The number of nitrogens with one attached hydrogen (secondary N) is 2. The van der Waals surface area contributed by atoms with E-state index >= 15 is 0 Å². The van der Waals surface area contributed by atoms with Crippen LogP contribution in [0.1, 0.15) is 15.9 Å². The molecule has 8 heteroatoms. The fraction of sp³-hybridized carbons (Fsp3) is 0.150. The third-order valence-corrected chi connectivity index (χ3v) is 4.15. The lowest BCUT2D eigenvalue weighted by atomic mass is 10.0. The molecular weight excluding hydrogens is 365 g/mol. The lowest BCUT2D eigenvalue weighted by Crippen LogP contribution is -2.44. The fourth-order valence-corrected chi connectivity index (χ4v) is 2.80. The number of carbonyl (C=O) groups is 3. The van der Waals surface area contributed by atoms with Gasteiger partial charge in [0.05, 0.1) is 0 Å². The van der Waals surface area contributed by atoms with E-state index in [-0.39, 0.29) is 12.0 Å². The van der Waals surface area contributed by atoms with Crippen LogP contribution in [0.15, 0.2) is 54.7 Å². The summed E-state index contributed by atoms with van der Waals surface area (Å²) in [4.78, 5) is 38.9. The van der Waals surface area contributed by atoms with Crippen molar-refractivity contribution in [2.45, 2.75) is 12.5 Å². The zero-order valence-electron chi connectivity index (χ0n) is 14.8. The number of carbonyl (C=O) groups excluding carboxylic acids is 3. The van der Waals surface area contributed by atoms with Crippen LogP contribution in [-0.4, -0.2) is 35.4 Å². The molecule has 1 heterocycles. The van der Waals surface area contributed by atoms with Crippen molar-refractivity contribution in [2.24, 2.45) is 5.73 Å². The van der Waals surface area contributed by atoms with E-state index in [4.69, 9.17) is 10.5 Å². The Hall–Kier alpha value is -3.68. The Balaban J connectivity index is 1.81. The lowest BCUT2D eigenvalue weighted by Gasteiger charge is -2.17. The predicted molar refractivity (Wildman–Crippen MR) is 99.8 cm³/mol. The first-order valence-electron chi connectivity index (χ1n) is 8.50. The molecule has 0 bridgehead atoms. The Labute approximate surface area is 159 Å². The maximum atomic E-state index is 13.1. The molecule has 2 aromatic carbocycles. The van der Waals surface area contributed by atoms with Gasteiger partial charge in [-0.1, -0.05) is 18.2 Å². The minimum atomic E-state index is -1.06. The number of primary amides is 1. The molecule has 0 fully saturated rings. The van der Waals surface area contributed by atoms with E-state index < -0.39 is 36.2 Å². The summed E-state index contributed by atoms with van der Waals surface area (Å²) in [6, 6.07) is 11.4. The minimum absolute atomic E-state index is 0.133. The van der Waals surface area contributed by atoms with Gasteiger partial charge in [0, 0.05) is 29.1 Å². The summed E-state index contributed by atoms with van der Waals surface area (Å²) < 4.78 is 17.9. The second-order valence-electron chi connectivity index (χ2n) is 6.17. The number of ether oxygens (including phenoxy) is 1. The lowest BCUT2D eigenvalue weighted by molar-refractivity contribution is -0.149. The van der Waals surface area contributed by atoms with Gasteiger partial charge in [0.25, 0.3) is 11.8 Å². The molecule has 0 unspecified atom stereocenters. The Kier molecular flexibility index (Phi) is 5.69. The third kappa shape index (κ3) is 4.53. The van der Waals surface area contributed by atoms with Crippen LogP contribution < -0.4 is 11.1 Å². The summed E-state index contributed by atoms with van der Waals surface area (Å²) >= 11 is 0. The number of aromatic nitrogens is 1. The summed E-state index contributed by atoms with van der Waals surface area (Å²) in [5, 5.41) is 3.47. The number of esters is 1. The number of aromatic amines is 1. The van der Waals surface area contributed by atoms with Crippen LogP contribution in [0.5, 0.6) is 0 Å². The first-order chi connectivity index (χ1) is 13.4. The largest absolute Gasteiger partial charge is 0.454 e. The number of amides is 2. The Morgan fingerprint density at radius 1 is 1.11 bits per heavy atom. The maximum absolute atomic E-state index is 13.1. The third-order valence-electron chi connectivity index (χ3n) is 4.15. The quantitative estimate of drug-likeness (QED) is 0.539. The Morgan fingerprint density at radius 3 is 2.54 bits per heavy atom. The molecule has 0 saturated heterocycles. The summed E-state index contributed by atoms with van der Waals surface area (Å²) in [5.74, 6) is -2.64. The summed E-state index contributed by atoms with van der Waals surface area (Å²) in [6.07, 6.45) is 1.87. The zero-order chi connectivity index (χ0) is 20.1. The second kappa shape index (κ2) is 8.34. The van der Waals surface area contributed by atoms with Crippen molar-refractivity contribution in [2.75, 3.05) is 6.61 Å². The highest BCUT2D eigenvalue weighted by molar-refractivity contribution is 5.97. The van der Waals surface area contributed by atoms with Crippen molar-refractivity contribution in [1.29, 1.82) is 0 Å². The van der Waals surface area contributed by atoms with Gasteiger partial charge in [-0.25, -0.2) is 9.18 Å². The summed E-state index contributed by atoms with van der Waals surface area (Å²) in [7, 11) is 0. The van der Waals surface area contributed by atoms with Gasteiger partial charge in [-0.2, -0.15) is 0 Å². The molecule has 4 N–H and O–H groups in total. The number of para-hydroxylation sites is 1.